The fraction of sp³-hybridized carbons (Fsp3) is 0.455. The fourth-order valence-corrected chi connectivity index (χ4v) is 2.21. The van der Waals surface area contributed by atoms with Crippen LogP contribution in [0.1, 0.15) is 18.5 Å². The highest BCUT2D eigenvalue weighted by Crippen LogP contribution is 2.28. The molecule has 0 aromatic heterocycles. The highest BCUT2D eigenvalue weighted by Gasteiger charge is 2.29. The molecule has 0 unspecified atom stereocenters. The van der Waals surface area contributed by atoms with Crippen LogP contribution >= 0.6 is 15.9 Å². The maximum Gasteiger partial charge on any atom is 0.405 e. The van der Waals surface area contributed by atoms with Gasteiger partial charge in [0.1, 0.15) is 6.54 Å². The van der Waals surface area contributed by atoms with Gasteiger partial charge in [-0.1, -0.05) is 22.0 Å². The van der Waals surface area contributed by atoms with Crippen molar-refractivity contribution in [3.05, 3.63) is 28.2 Å². The Morgan fingerprint density at radius 2 is 2.00 bits per heavy atom. The summed E-state index contributed by atoms with van der Waals surface area (Å²) in [7, 11) is 1.40. The second-order valence-electron chi connectivity index (χ2n) is 3.97. The second-order valence-corrected chi connectivity index (χ2v) is 4.82. The fourth-order valence-electron chi connectivity index (χ4n) is 1.48. The smallest absolute Gasteiger partial charge is 0.366 e. The molecule has 0 aliphatic rings. The summed E-state index contributed by atoms with van der Waals surface area (Å²) < 4.78 is 37.4. The molecule has 6 heteroatoms. The molecule has 0 bridgehead atoms. The Morgan fingerprint density at radius 3 is 2.41 bits per heavy atom. The lowest BCUT2D eigenvalue weighted by Gasteiger charge is -2.22. The Kier molecular flexibility index (Phi) is 4.43. The molecule has 1 atom stereocenters. The maximum atomic E-state index is 12.2. The van der Waals surface area contributed by atoms with Gasteiger partial charge in [0.25, 0.3) is 0 Å². The normalized spacial score (nSPS) is 13.6. The molecule has 2 N–H and O–H groups in total. The molecule has 17 heavy (non-hydrogen) atoms. The lowest BCUT2D eigenvalue weighted by molar-refractivity contribution is -0.119. The molecule has 2 nitrogen and oxygen atoms in total. The third kappa shape index (κ3) is 4.20. The number of alkyl halides is 3. The van der Waals surface area contributed by atoms with Crippen LogP contribution in [0.2, 0.25) is 0 Å². The Hall–Kier alpha value is -0.750. The van der Waals surface area contributed by atoms with Crippen molar-refractivity contribution in [3.63, 3.8) is 0 Å². The van der Waals surface area contributed by atoms with Crippen LogP contribution in [-0.2, 0) is 0 Å². The van der Waals surface area contributed by atoms with Crippen LogP contribution in [0, 0.1) is 0 Å². The number of halogens is 4. The predicted molar refractivity (Wildman–Crippen MR) is 66.1 cm³/mol. The summed E-state index contributed by atoms with van der Waals surface area (Å²) in [5.41, 5.74) is 7.09. The molecular formula is C11H14BrF3N2. The SMILES string of the molecule is C[C@@H](N)c1ccc(N(C)CC(F)(F)F)cc1Br. The van der Waals surface area contributed by atoms with Crippen molar-refractivity contribution in [1.82, 2.24) is 0 Å². The molecule has 0 fully saturated rings. The maximum absolute atomic E-state index is 12.2. The topological polar surface area (TPSA) is 29.3 Å². The van der Waals surface area contributed by atoms with Crippen molar-refractivity contribution < 1.29 is 13.2 Å². The zero-order valence-corrected chi connectivity index (χ0v) is 11.1. The van der Waals surface area contributed by atoms with Crippen molar-refractivity contribution in [1.29, 1.82) is 0 Å². The highest BCUT2D eigenvalue weighted by atomic mass is 79.9. The Labute approximate surface area is 107 Å². The van der Waals surface area contributed by atoms with Gasteiger partial charge in [0.05, 0.1) is 0 Å². The van der Waals surface area contributed by atoms with Gasteiger partial charge in [-0.3, -0.25) is 0 Å². The van der Waals surface area contributed by atoms with E-state index in [-0.39, 0.29) is 6.04 Å². The van der Waals surface area contributed by atoms with Crippen LogP contribution in [0.4, 0.5) is 18.9 Å². The van der Waals surface area contributed by atoms with E-state index in [0.29, 0.717) is 5.69 Å². The first-order valence-corrected chi connectivity index (χ1v) is 5.83. The Balaban J connectivity index is 2.90. The molecule has 0 aliphatic carbocycles. The zero-order valence-electron chi connectivity index (χ0n) is 9.55. The molecule has 1 aromatic rings. The number of hydrogen-bond acceptors (Lipinski definition) is 2. The van der Waals surface area contributed by atoms with Gasteiger partial charge >= 0.3 is 6.18 Å². The van der Waals surface area contributed by atoms with Gasteiger partial charge in [-0.15, -0.1) is 0 Å². The second kappa shape index (κ2) is 5.27. The first kappa shape index (κ1) is 14.3. The lowest BCUT2D eigenvalue weighted by atomic mass is 10.1. The molecule has 0 aliphatic heterocycles. The first-order valence-electron chi connectivity index (χ1n) is 5.03. The molecule has 0 heterocycles. The molecule has 0 radical (unpaired) electrons. The number of rotatable bonds is 3. The molecule has 0 spiro atoms. The largest absolute Gasteiger partial charge is 0.405 e. The van der Waals surface area contributed by atoms with Gasteiger partial charge in [0.15, 0.2) is 0 Å². The third-order valence-electron chi connectivity index (χ3n) is 2.33. The Bertz CT molecular complexity index is 391. The van der Waals surface area contributed by atoms with E-state index in [4.69, 9.17) is 5.73 Å². The number of benzene rings is 1. The van der Waals surface area contributed by atoms with Crippen LogP contribution in [0.25, 0.3) is 0 Å². The van der Waals surface area contributed by atoms with E-state index in [2.05, 4.69) is 15.9 Å². The van der Waals surface area contributed by atoms with Crippen LogP contribution in [-0.4, -0.2) is 19.8 Å². The molecule has 0 saturated carbocycles. The van der Waals surface area contributed by atoms with Gasteiger partial charge in [-0.05, 0) is 24.6 Å². The highest BCUT2D eigenvalue weighted by molar-refractivity contribution is 9.10. The standard InChI is InChI=1S/C11H14BrF3N2/c1-7(16)9-4-3-8(5-10(9)12)17(2)6-11(13,14)15/h3-5,7H,6,16H2,1-2H3/t7-/m1/s1. The number of nitrogens with two attached hydrogens (primary N) is 1. The van der Waals surface area contributed by atoms with Crippen LogP contribution in [0.15, 0.2) is 22.7 Å². The quantitative estimate of drug-likeness (QED) is 0.926. The molecule has 96 valence electrons. The predicted octanol–water partition coefficient (Wildman–Crippen LogP) is 3.47. The van der Waals surface area contributed by atoms with Gasteiger partial charge in [0.2, 0.25) is 0 Å². The average Bonchev–Trinajstić information content (AvgIpc) is 2.14. The zero-order chi connectivity index (χ0) is 13.2. The molecular weight excluding hydrogens is 297 g/mol. The van der Waals surface area contributed by atoms with Gasteiger partial charge in [0, 0.05) is 23.2 Å². The summed E-state index contributed by atoms with van der Waals surface area (Å²) in [6.45, 7) is 0.843. The van der Waals surface area contributed by atoms with Crippen molar-refractivity contribution in [2.75, 3.05) is 18.5 Å². The van der Waals surface area contributed by atoms with E-state index in [9.17, 15) is 13.2 Å². The lowest BCUT2D eigenvalue weighted by Crippen LogP contribution is -2.30. The summed E-state index contributed by atoms with van der Waals surface area (Å²) in [5.74, 6) is 0. The van der Waals surface area contributed by atoms with Crippen LogP contribution in [0.3, 0.4) is 0 Å². The molecule has 1 rings (SSSR count). The number of nitrogens with zero attached hydrogens (tertiary/aromatic N) is 1. The minimum atomic E-state index is -4.21. The summed E-state index contributed by atoms with van der Waals surface area (Å²) >= 11 is 3.31. The third-order valence-corrected chi connectivity index (χ3v) is 3.02. The van der Waals surface area contributed by atoms with Crippen molar-refractivity contribution in [2.24, 2.45) is 5.73 Å². The first-order chi connectivity index (χ1) is 7.70. The van der Waals surface area contributed by atoms with Crippen LogP contribution < -0.4 is 10.6 Å². The van der Waals surface area contributed by atoms with Gasteiger partial charge in [-0.25, -0.2) is 0 Å². The molecule has 1 aromatic carbocycles. The van der Waals surface area contributed by atoms with E-state index in [1.54, 1.807) is 18.2 Å². The van der Waals surface area contributed by atoms with Crippen molar-refractivity contribution in [3.8, 4) is 0 Å². The number of anilines is 1. The van der Waals surface area contributed by atoms with Crippen molar-refractivity contribution >= 4 is 21.6 Å². The van der Waals surface area contributed by atoms with E-state index < -0.39 is 12.7 Å². The van der Waals surface area contributed by atoms with Crippen molar-refractivity contribution in [2.45, 2.75) is 19.1 Å². The van der Waals surface area contributed by atoms with E-state index in [0.717, 1.165) is 14.9 Å². The van der Waals surface area contributed by atoms with E-state index in [1.807, 2.05) is 6.92 Å². The van der Waals surface area contributed by atoms with E-state index in [1.165, 1.54) is 7.05 Å². The monoisotopic (exact) mass is 310 g/mol. The minimum absolute atomic E-state index is 0.161. The van der Waals surface area contributed by atoms with Gasteiger partial charge < -0.3 is 10.6 Å². The van der Waals surface area contributed by atoms with E-state index >= 15 is 0 Å². The average molecular weight is 311 g/mol. The molecule has 0 amide bonds. The molecule has 0 saturated heterocycles. The van der Waals surface area contributed by atoms with Crippen LogP contribution in [0.5, 0.6) is 0 Å². The summed E-state index contributed by atoms with van der Waals surface area (Å²) in [6, 6.07) is 4.85. The number of hydrogen-bond donors (Lipinski definition) is 1. The minimum Gasteiger partial charge on any atom is -0.366 e. The summed E-state index contributed by atoms with van der Waals surface area (Å²) in [4.78, 5) is 1.15. The van der Waals surface area contributed by atoms with Gasteiger partial charge in [-0.2, -0.15) is 13.2 Å². The Morgan fingerprint density at radius 1 is 1.41 bits per heavy atom. The summed E-state index contributed by atoms with van der Waals surface area (Å²) in [5, 5.41) is 0. The summed E-state index contributed by atoms with van der Waals surface area (Å²) in [6.07, 6.45) is -4.21.